The van der Waals surface area contributed by atoms with Gasteiger partial charge < -0.3 is 23.7 Å². The van der Waals surface area contributed by atoms with Crippen molar-refractivity contribution in [2.24, 2.45) is 40.4 Å². The Balaban J connectivity index is 1.62. The van der Waals surface area contributed by atoms with E-state index in [0.717, 1.165) is 50.5 Å². The largest absolute Gasteiger partial charge is 0.508 e. The molecule has 0 amide bonds. The Morgan fingerprint density at radius 1 is 0.951 bits per heavy atom. The highest BCUT2D eigenvalue weighted by Gasteiger charge is 2.60. The first kappa shape index (κ1) is 31.4. The van der Waals surface area contributed by atoms with Gasteiger partial charge in [-0.2, -0.15) is 0 Å². The second kappa shape index (κ2) is 12.8. The van der Waals surface area contributed by atoms with Crippen molar-refractivity contribution in [2.45, 2.75) is 104 Å². The summed E-state index contributed by atoms with van der Waals surface area (Å²) in [7, 11) is 4.10. The van der Waals surface area contributed by atoms with Gasteiger partial charge >= 0.3 is 18.3 Å². The Hall–Kier alpha value is -2.51. The second-order valence-corrected chi connectivity index (χ2v) is 13.2. The molecule has 41 heavy (non-hydrogen) atoms. The fourth-order valence-electron chi connectivity index (χ4n) is 9.16. The predicted octanol–water partition coefficient (Wildman–Crippen LogP) is 7.40. The third kappa shape index (κ3) is 5.90. The zero-order valence-electron chi connectivity index (χ0n) is 26.0. The van der Waals surface area contributed by atoms with Crippen LogP contribution in [0.4, 0.5) is 9.59 Å². The number of esters is 1. The standard InChI is InChI=1S/C33H50O8/c1-8-9-10-21(17-29(34)37-5)20(2)25-13-14-26-24-12-11-22-18-23(40-30(35)38-6)19-28(41-31(36)39-7)33(22,4)27(24)15-16-32(25,26)3/h11-12,20-21,23,25-28H,8-10,13-19H2,1-7H3/t20-,21-,23-,25-,26+,27+,28+,32-,33+/m1/s1. The van der Waals surface area contributed by atoms with E-state index in [0.29, 0.717) is 42.9 Å². The van der Waals surface area contributed by atoms with Crippen LogP contribution in [0.5, 0.6) is 0 Å². The highest BCUT2D eigenvalue weighted by molar-refractivity contribution is 5.69. The smallest absolute Gasteiger partial charge is 0.469 e. The van der Waals surface area contributed by atoms with Crippen LogP contribution in [-0.4, -0.2) is 51.8 Å². The quantitative estimate of drug-likeness (QED) is 0.207. The van der Waals surface area contributed by atoms with Gasteiger partial charge in [0, 0.05) is 24.7 Å². The molecule has 9 atom stereocenters. The third-order valence-electron chi connectivity index (χ3n) is 11.5. The van der Waals surface area contributed by atoms with Crippen LogP contribution in [-0.2, 0) is 28.5 Å². The molecule has 8 nitrogen and oxygen atoms in total. The summed E-state index contributed by atoms with van der Waals surface area (Å²) < 4.78 is 26.2. The Kier molecular flexibility index (Phi) is 9.80. The molecule has 0 unspecified atom stereocenters. The average Bonchev–Trinajstić information content (AvgIpc) is 3.32. The van der Waals surface area contributed by atoms with Crippen LogP contribution in [0.15, 0.2) is 23.3 Å². The topological polar surface area (TPSA) is 97.4 Å². The van der Waals surface area contributed by atoms with Gasteiger partial charge in [0.05, 0.1) is 21.3 Å². The summed E-state index contributed by atoms with van der Waals surface area (Å²) in [4.78, 5) is 36.6. The van der Waals surface area contributed by atoms with Crippen molar-refractivity contribution in [3.05, 3.63) is 23.3 Å². The van der Waals surface area contributed by atoms with Gasteiger partial charge in [-0.15, -0.1) is 0 Å². The van der Waals surface area contributed by atoms with Crippen LogP contribution >= 0.6 is 0 Å². The molecular weight excluding hydrogens is 524 g/mol. The molecule has 0 N–H and O–H groups in total. The molecule has 0 spiro atoms. The third-order valence-corrected chi connectivity index (χ3v) is 11.5. The lowest BCUT2D eigenvalue weighted by Crippen LogP contribution is -2.54. The molecule has 0 aromatic carbocycles. The Morgan fingerprint density at radius 3 is 2.32 bits per heavy atom. The van der Waals surface area contributed by atoms with Gasteiger partial charge in [-0.25, -0.2) is 9.59 Å². The number of ether oxygens (including phenoxy) is 5. The molecule has 0 heterocycles. The van der Waals surface area contributed by atoms with Crippen molar-refractivity contribution in [2.75, 3.05) is 21.3 Å². The van der Waals surface area contributed by atoms with Crippen molar-refractivity contribution in [3.63, 3.8) is 0 Å². The first-order valence-electron chi connectivity index (χ1n) is 15.5. The zero-order valence-corrected chi connectivity index (χ0v) is 26.0. The molecule has 4 aliphatic rings. The number of methoxy groups -OCH3 is 3. The minimum Gasteiger partial charge on any atom is -0.469 e. The highest BCUT2D eigenvalue weighted by atomic mass is 16.7. The second-order valence-electron chi connectivity index (χ2n) is 13.2. The SMILES string of the molecule is CCCC[C@H](CC(=O)OC)[C@@H](C)[C@H]1CC[C@H]2C3=CC=C4C[C@@H](OC(=O)OC)C[C@H](OC(=O)OC)[C@]4(C)[C@H]3CC[C@]12C. The molecule has 8 heteroatoms. The van der Waals surface area contributed by atoms with E-state index < -0.39 is 29.9 Å². The first-order valence-corrected chi connectivity index (χ1v) is 15.5. The summed E-state index contributed by atoms with van der Waals surface area (Å²) in [6.45, 7) is 9.26. The minimum atomic E-state index is -0.730. The number of fused-ring (bicyclic) bond motifs is 5. The number of rotatable bonds is 9. The molecule has 0 aliphatic heterocycles. The van der Waals surface area contributed by atoms with Gasteiger partial charge in [-0.3, -0.25) is 4.79 Å². The molecule has 0 aromatic rings. The maximum Gasteiger partial charge on any atom is 0.508 e. The number of unbranched alkanes of at least 4 members (excludes halogenated alkanes) is 1. The lowest BCUT2D eigenvalue weighted by atomic mass is 9.49. The minimum absolute atomic E-state index is 0.106. The van der Waals surface area contributed by atoms with Gasteiger partial charge in [0.15, 0.2) is 0 Å². The normalized spacial score (nSPS) is 35.3. The summed E-state index contributed by atoms with van der Waals surface area (Å²) in [5, 5.41) is 0. The average molecular weight is 575 g/mol. The fourth-order valence-corrected chi connectivity index (χ4v) is 9.16. The van der Waals surface area contributed by atoms with Crippen molar-refractivity contribution in [3.8, 4) is 0 Å². The van der Waals surface area contributed by atoms with Gasteiger partial charge in [-0.05, 0) is 67.1 Å². The number of hydrogen-bond donors (Lipinski definition) is 0. The van der Waals surface area contributed by atoms with Crippen molar-refractivity contribution in [1.29, 1.82) is 0 Å². The lowest BCUT2D eigenvalue weighted by molar-refractivity contribution is -0.142. The summed E-state index contributed by atoms with van der Waals surface area (Å²) in [6, 6.07) is 0. The Bertz CT molecular complexity index is 1050. The Morgan fingerprint density at radius 2 is 1.66 bits per heavy atom. The van der Waals surface area contributed by atoms with Crippen LogP contribution in [0.3, 0.4) is 0 Å². The van der Waals surface area contributed by atoms with Gasteiger partial charge in [0.1, 0.15) is 12.2 Å². The van der Waals surface area contributed by atoms with Crippen molar-refractivity contribution < 1.29 is 38.1 Å². The van der Waals surface area contributed by atoms with Crippen LogP contribution in [0, 0.1) is 40.4 Å². The molecule has 0 bridgehead atoms. The van der Waals surface area contributed by atoms with Gasteiger partial charge in [-0.1, -0.05) is 63.8 Å². The van der Waals surface area contributed by atoms with E-state index in [-0.39, 0.29) is 17.3 Å². The van der Waals surface area contributed by atoms with Crippen LogP contribution < -0.4 is 0 Å². The number of carbonyl (C=O) groups is 3. The van der Waals surface area contributed by atoms with Crippen molar-refractivity contribution >= 4 is 18.3 Å². The number of carbonyl (C=O) groups excluding carboxylic acids is 3. The molecule has 0 aromatic heterocycles. The predicted molar refractivity (Wildman–Crippen MR) is 154 cm³/mol. The lowest BCUT2D eigenvalue weighted by Gasteiger charge is -2.57. The van der Waals surface area contributed by atoms with E-state index in [1.165, 1.54) is 26.9 Å². The molecule has 0 saturated heterocycles. The molecule has 3 fully saturated rings. The molecule has 4 aliphatic carbocycles. The monoisotopic (exact) mass is 574 g/mol. The summed E-state index contributed by atoms with van der Waals surface area (Å²) in [6.07, 6.45) is 11.3. The van der Waals surface area contributed by atoms with Gasteiger partial charge in [0.25, 0.3) is 0 Å². The van der Waals surface area contributed by atoms with E-state index in [9.17, 15) is 14.4 Å². The molecule has 4 rings (SSSR count). The molecule has 230 valence electrons. The maximum absolute atomic E-state index is 12.4. The van der Waals surface area contributed by atoms with Crippen LogP contribution in [0.2, 0.25) is 0 Å². The van der Waals surface area contributed by atoms with E-state index in [1.54, 1.807) is 0 Å². The highest BCUT2D eigenvalue weighted by Crippen LogP contribution is 2.67. The van der Waals surface area contributed by atoms with E-state index in [2.05, 4.69) is 39.8 Å². The number of allylic oxidation sites excluding steroid dienone is 3. The first-order chi connectivity index (χ1) is 19.5. The summed E-state index contributed by atoms with van der Waals surface area (Å²) >= 11 is 0. The van der Waals surface area contributed by atoms with E-state index in [4.69, 9.17) is 23.7 Å². The summed E-state index contributed by atoms with van der Waals surface area (Å²) in [5.41, 5.74) is 2.34. The Labute approximate surface area is 245 Å². The fraction of sp³-hybridized carbons (Fsp3) is 0.788. The maximum atomic E-state index is 12.4. The van der Waals surface area contributed by atoms with Crippen molar-refractivity contribution in [1.82, 2.24) is 0 Å². The molecular formula is C33H50O8. The number of hydrogen-bond acceptors (Lipinski definition) is 8. The van der Waals surface area contributed by atoms with Gasteiger partial charge in [0.2, 0.25) is 0 Å². The molecule has 3 saturated carbocycles. The zero-order chi connectivity index (χ0) is 29.9. The summed E-state index contributed by atoms with van der Waals surface area (Å²) in [5.74, 6) is 1.86. The van der Waals surface area contributed by atoms with E-state index in [1.807, 2.05) is 0 Å². The molecule has 0 radical (unpaired) electrons. The van der Waals surface area contributed by atoms with E-state index >= 15 is 0 Å². The van der Waals surface area contributed by atoms with Crippen LogP contribution in [0.1, 0.15) is 91.9 Å². The van der Waals surface area contributed by atoms with Crippen LogP contribution in [0.25, 0.3) is 0 Å².